The summed E-state index contributed by atoms with van der Waals surface area (Å²) in [4.78, 5) is 104. The van der Waals surface area contributed by atoms with Gasteiger partial charge in [-0.15, -0.1) is 0 Å². The molecule has 29 unspecified atom stereocenters. The zero-order chi connectivity index (χ0) is 107. The van der Waals surface area contributed by atoms with Crippen molar-refractivity contribution in [2.24, 2.45) is 142 Å². The molecule has 0 N–H and O–H groups in total. The van der Waals surface area contributed by atoms with E-state index in [2.05, 4.69) is 128 Å². The van der Waals surface area contributed by atoms with E-state index >= 15 is 0 Å². The molecule has 22 saturated carbocycles. The Morgan fingerprint density at radius 3 is 0.993 bits per heavy atom. The van der Waals surface area contributed by atoms with Crippen molar-refractivity contribution in [1.82, 2.24) is 0 Å². The van der Waals surface area contributed by atoms with E-state index in [4.69, 9.17) is 42.6 Å². The zero-order valence-electron chi connectivity index (χ0n) is 94.3. The van der Waals surface area contributed by atoms with Crippen molar-refractivity contribution >= 4 is 53.7 Å². The van der Waals surface area contributed by atoms with Crippen molar-refractivity contribution in [3.63, 3.8) is 0 Å². The number of hydrogen-bond donors (Lipinski definition) is 0. The van der Waals surface area contributed by atoms with E-state index in [1.165, 1.54) is 300 Å². The number of hydrogen-bond acceptors (Lipinski definition) is 18. The minimum absolute atomic E-state index is 0.186. The van der Waals surface area contributed by atoms with Crippen LogP contribution in [0.3, 0.4) is 0 Å². The van der Waals surface area contributed by atoms with Gasteiger partial charge >= 0.3 is 53.7 Å². The van der Waals surface area contributed by atoms with Crippen LogP contribution in [0.1, 0.15) is 450 Å². The Hall–Kier alpha value is -7.11. The van der Waals surface area contributed by atoms with Gasteiger partial charge in [0.25, 0.3) is 0 Å². The Morgan fingerprint density at radius 1 is 0.279 bits per heavy atom. The lowest BCUT2D eigenvalue weighted by atomic mass is 9.45. The number of carbonyl (C=O) groups excluding carboxylic acids is 9. The predicted molar refractivity (Wildman–Crippen MR) is 583 cm³/mol. The molecular weight excluding hydrogens is 1840 g/mol. The van der Waals surface area contributed by atoms with Crippen molar-refractivity contribution in [2.45, 2.75) is 500 Å². The number of carbonyl (C=O) groups is 9. The summed E-state index contributed by atoms with van der Waals surface area (Å²) in [5, 5.41) is 0. The maximum absolute atomic E-state index is 11.9. The van der Waals surface area contributed by atoms with Crippen molar-refractivity contribution in [2.75, 3.05) is 0 Å². The standard InChI is InChI=1S/C19H30O2.C15H22O2.2C15H24O2.C14H20O2.2C14H22O2.C12H18O2.C11H16O2/c1-4-6-7-18(3,21-17(20)5-2)19-11-14-8-15(12-19)10-16(9-14)13-19;1-9(2)14(16)17-15(3)8-10-7-13(15)12-6-4-5-11(10)12;1-11(2)14(16)17-15(3)10-6-8-12-7-4-5-9-13(12)15;1-11(2)14(16)17-15(3)9-8-12-6-4-5-7-13(12)10-15;1-3-13(15)16-14(2)8-9-7-12(14)11-6-4-5-10(9)11;1-3-13(15)16-14(2)10-6-8-11-7-4-5-9-12(11)14;1-3-13(15)16-14(2)9-8-11-6-4-5-7-12(11)10-14;1-8(2)11(13)14-12(3)7-9-4-5-10(12)6-9;1-3-10(12)13-11(2)7-8-4-5-9(11)6-8/h5,14-16H,2,4,6-13H2,1,3H3;10-13H,1,4-8H2,2-3H3;2*12-13H,1,4-10H2,2-3H3;3,9-12H,1,4-8H2,2H3;2*3,11-12H,1,4-10H2,2H3;9-10H,1,4-7H2,2-3H3;3,8-9H,1,4-7H2,2H3. The zero-order valence-corrected chi connectivity index (χ0v) is 94.3. The Bertz CT molecular complexity index is 4640. The van der Waals surface area contributed by atoms with Crippen molar-refractivity contribution in [3.8, 4) is 0 Å². The highest BCUT2D eigenvalue weighted by Gasteiger charge is 2.65. The van der Waals surface area contributed by atoms with Crippen LogP contribution >= 0.6 is 0 Å². The third-order valence-electron chi connectivity index (χ3n) is 42.6. The lowest BCUT2D eigenvalue weighted by molar-refractivity contribution is -0.202. The van der Waals surface area contributed by atoms with Crippen LogP contribution in [0.25, 0.3) is 0 Å². The number of rotatable bonds is 22. The molecule has 0 aromatic carbocycles. The summed E-state index contributed by atoms with van der Waals surface area (Å²) in [6.45, 7) is 60.3. The van der Waals surface area contributed by atoms with Crippen molar-refractivity contribution in [1.29, 1.82) is 0 Å². The molecule has 0 aromatic rings. The molecule has 0 saturated heterocycles. The molecule has 0 radical (unpaired) electrons. The summed E-state index contributed by atoms with van der Waals surface area (Å²) >= 11 is 0. The van der Waals surface area contributed by atoms with Gasteiger partial charge in [0.15, 0.2) is 0 Å². The molecule has 18 heteroatoms. The highest BCUT2D eigenvalue weighted by atomic mass is 16.6. The molecule has 0 aliphatic heterocycles. The Kier molecular flexibility index (Phi) is 39.8. The van der Waals surface area contributed by atoms with Crippen LogP contribution in [-0.4, -0.2) is 104 Å². The van der Waals surface area contributed by atoms with Gasteiger partial charge in [-0.1, -0.05) is 175 Å². The van der Waals surface area contributed by atoms with E-state index in [9.17, 15) is 43.2 Å². The summed E-state index contributed by atoms with van der Waals surface area (Å²) in [6.07, 6.45) is 75.6. The molecule has 22 rings (SSSR count). The Balaban J connectivity index is 0.000000139. The van der Waals surface area contributed by atoms with E-state index in [1.807, 2.05) is 0 Å². The van der Waals surface area contributed by atoms with E-state index < -0.39 is 0 Å². The lowest BCUT2D eigenvalue weighted by Gasteiger charge is -2.62. The van der Waals surface area contributed by atoms with E-state index in [1.54, 1.807) is 27.7 Å². The molecule has 0 amide bonds. The summed E-state index contributed by atoms with van der Waals surface area (Å²) in [7, 11) is 0. The minimum atomic E-state index is -0.287. The first kappa shape index (κ1) is 117. The Labute approximate surface area is 888 Å². The summed E-state index contributed by atoms with van der Waals surface area (Å²) < 4.78 is 51.0. The van der Waals surface area contributed by atoms with Gasteiger partial charge in [0.2, 0.25) is 0 Å². The fourth-order valence-corrected chi connectivity index (χ4v) is 35.8. The highest BCUT2D eigenvalue weighted by molar-refractivity contribution is 5.89. The second-order valence-corrected chi connectivity index (χ2v) is 53.6. The fraction of sp³-hybridized carbons (Fsp3) is 0.791. The van der Waals surface area contributed by atoms with Crippen LogP contribution in [0, 0.1) is 142 Å². The lowest BCUT2D eigenvalue weighted by Crippen LogP contribution is -2.58. The first-order valence-corrected chi connectivity index (χ1v) is 59.4. The average molecular weight is 2040 g/mol. The van der Waals surface area contributed by atoms with E-state index in [0.717, 1.165) is 184 Å². The van der Waals surface area contributed by atoms with Crippen LogP contribution in [0.5, 0.6) is 0 Å². The molecular formula is C129H198O18. The second-order valence-electron chi connectivity index (χ2n) is 53.6. The molecule has 0 spiro atoms. The van der Waals surface area contributed by atoms with E-state index in [-0.39, 0.29) is 110 Å². The van der Waals surface area contributed by atoms with Gasteiger partial charge in [-0.3, -0.25) is 0 Å². The SMILES string of the molecule is C=C(C)C(=O)OC1(C)CC2CC1C1CCCC21.C=C(C)C(=O)OC1(C)CC2CCC1C2.C=C(C)C(=O)OC1(C)CCC2CCCCC2C1.C=C(C)C(=O)OC1(C)CCCC2CCCCC21.C=CC(=O)OC(C)(CCCC)C12CC3CC(CC(C3)C1)C2.C=CC(=O)OC1(C)CC2CC1C1CCCC21.C=CC(=O)OC1(C)CC2CCC1C2.C=CC(=O)OC1(C)CCC2CCCCC2C1.C=CC(=O)OC1(C)CCCC2CCCCC21. The van der Waals surface area contributed by atoms with Crippen LogP contribution in [0.4, 0.5) is 0 Å². The number of unbranched alkanes of at least 4 members (excludes halogenated alkanes) is 1. The minimum Gasteiger partial charge on any atom is -0.456 e. The first-order valence-electron chi connectivity index (χ1n) is 59.4. The molecule has 12 bridgehead atoms. The van der Waals surface area contributed by atoms with Gasteiger partial charge in [0.05, 0.1) is 0 Å². The van der Waals surface area contributed by atoms with Crippen molar-refractivity contribution < 1.29 is 85.8 Å². The molecule has 0 heterocycles. The molecule has 18 nitrogen and oxygen atoms in total. The molecule has 822 valence electrons. The number of fused-ring (bicyclic) bond motifs is 18. The maximum atomic E-state index is 11.9. The second kappa shape index (κ2) is 50.0. The summed E-state index contributed by atoms with van der Waals surface area (Å²) in [5.41, 5.74) is 0.305. The summed E-state index contributed by atoms with van der Waals surface area (Å²) in [5.74, 6) is 15.8. The number of ether oxygens (including phenoxy) is 9. The smallest absolute Gasteiger partial charge is 0.333 e. The van der Waals surface area contributed by atoms with Gasteiger partial charge in [0, 0.05) is 81.8 Å². The molecule has 0 aromatic heterocycles. The average Bonchev–Trinajstić information content (AvgIpc) is 1.60. The maximum Gasteiger partial charge on any atom is 0.333 e. The quantitative estimate of drug-likeness (QED) is 0.0556. The topological polar surface area (TPSA) is 237 Å². The normalized spacial score (nSPS) is 40.9. The molecule has 147 heavy (non-hydrogen) atoms. The highest BCUT2D eigenvalue weighted by Crippen LogP contribution is 2.68. The largest absolute Gasteiger partial charge is 0.456 e. The van der Waals surface area contributed by atoms with Crippen LogP contribution in [0.15, 0.2) is 112 Å². The van der Waals surface area contributed by atoms with Gasteiger partial charge in [0.1, 0.15) is 50.4 Å². The molecule has 22 aliphatic rings. The van der Waals surface area contributed by atoms with Crippen LogP contribution < -0.4 is 0 Å². The van der Waals surface area contributed by atoms with Gasteiger partial charge in [-0.2, -0.15) is 0 Å². The Morgan fingerprint density at radius 2 is 0.605 bits per heavy atom. The molecule has 29 atom stereocenters. The number of esters is 9. The summed E-state index contributed by atoms with van der Waals surface area (Å²) in [6, 6.07) is 0. The third-order valence-corrected chi connectivity index (χ3v) is 42.6. The first-order chi connectivity index (χ1) is 69.6. The molecule has 22 aliphatic carbocycles. The van der Waals surface area contributed by atoms with E-state index in [0.29, 0.717) is 57.8 Å². The third kappa shape index (κ3) is 28.4. The predicted octanol–water partition coefficient (Wildman–Crippen LogP) is 30.7. The molecule has 22 fully saturated rings. The van der Waals surface area contributed by atoms with Gasteiger partial charge < -0.3 is 42.6 Å². The van der Waals surface area contributed by atoms with Crippen molar-refractivity contribution in [3.05, 3.63) is 112 Å². The van der Waals surface area contributed by atoms with Crippen LogP contribution in [-0.2, 0) is 85.8 Å². The van der Waals surface area contributed by atoms with Crippen LogP contribution in [0.2, 0.25) is 0 Å². The fourth-order valence-electron chi connectivity index (χ4n) is 35.8. The monoisotopic (exact) mass is 2040 g/mol. The van der Waals surface area contributed by atoms with Gasteiger partial charge in [-0.05, 0) is 446 Å². The van der Waals surface area contributed by atoms with Gasteiger partial charge in [-0.25, -0.2) is 43.2 Å².